The summed E-state index contributed by atoms with van der Waals surface area (Å²) in [6, 6.07) is 11.4. The first-order valence-corrected chi connectivity index (χ1v) is 8.64. The van der Waals surface area contributed by atoms with E-state index in [1.165, 1.54) is 0 Å². The second-order valence-electron chi connectivity index (χ2n) is 6.37. The number of hydrogen-bond donors (Lipinski definition) is 1. The number of rotatable bonds is 5. The predicted octanol–water partition coefficient (Wildman–Crippen LogP) is 2.58. The topological polar surface area (TPSA) is 91.2 Å². The molecule has 2 aromatic carbocycles. The first-order valence-electron chi connectivity index (χ1n) is 8.64. The third-order valence-electron chi connectivity index (χ3n) is 4.42. The molecule has 2 heterocycles. The summed E-state index contributed by atoms with van der Waals surface area (Å²) in [5, 5.41) is 14.5. The van der Waals surface area contributed by atoms with Crippen molar-refractivity contribution < 1.29 is 14.3 Å². The second kappa shape index (κ2) is 7.06. The van der Waals surface area contributed by atoms with Crippen LogP contribution in [0.4, 0.5) is 5.69 Å². The van der Waals surface area contributed by atoms with Gasteiger partial charge in [-0.05, 0) is 66.1 Å². The molecule has 8 heteroatoms. The zero-order valence-electron chi connectivity index (χ0n) is 15.1. The number of nitrogens with one attached hydrogen (secondary N) is 1. The normalized spacial score (nSPS) is 12.2. The summed E-state index contributed by atoms with van der Waals surface area (Å²) >= 11 is 0. The van der Waals surface area contributed by atoms with Crippen LogP contribution in [0.25, 0.3) is 5.69 Å². The lowest BCUT2D eigenvalue weighted by Gasteiger charge is -2.10. The number of fused-ring (bicyclic) bond motifs is 1. The van der Waals surface area contributed by atoms with Crippen LogP contribution in [0.2, 0.25) is 0 Å². The zero-order valence-corrected chi connectivity index (χ0v) is 15.1. The summed E-state index contributed by atoms with van der Waals surface area (Å²) in [5.41, 5.74) is 3.60. The van der Waals surface area contributed by atoms with Gasteiger partial charge in [-0.25, -0.2) is 0 Å². The van der Waals surface area contributed by atoms with E-state index in [1.54, 1.807) is 4.68 Å². The van der Waals surface area contributed by atoms with E-state index in [4.69, 9.17) is 9.47 Å². The summed E-state index contributed by atoms with van der Waals surface area (Å²) in [7, 11) is 0. The van der Waals surface area contributed by atoms with Gasteiger partial charge in [-0.2, -0.15) is 4.68 Å². The highest BCUT2D eigenvalue weighted by molar-refractivity contribution is 5.91. The molecule has 0 radical (unpaired) electrons. The molecule has 138 valence electrons. The van der Waals surface area contributed by atoms with Gasteiger partial charge in [-0.1, -0.05) is 12.1 Å². The molecule has 0 saturated heterocycles. The molecule has 0 fully saturated rings. The van der Waals surface area contributed by atoms with Crippen molar-refractivity contribution in [3.63, 3.8) is 0 Å². The molecule has 0 aliphatic carbocycles. The third-order valence-corrected chi connectivity index (χ3v) is 4.42. The van der Waals surface area contributed by atoms with Gasteiger partial charge < -0.3 is 14.8 Å². The van der Waals surface area contributed by atoms with Crippen LogP contribution in [0.3, 0.4) is 0 Å². The number of aromatic nitrogens is 4. The number of ether oxygens (including phenoxy) is 2. The molecule has 3 aromatic rings. The molecular weight excluding hydrogens is 346 g/mol. The van der Waals surface area contributed by atoms with Gasteiger partial charge in [0.1, 0.15) is 0 Å². The Morgan fingerprint density at radius 3 is 2.81 bits per heavy atom. The SMILES string of the molecule is Cc1ccc(NC(=O)CCc2ccc3c(c2)OCO3)cc1-n1nnnc1C. The van der Waals surface area contributed by atoms with Crippen LogP contribution in [0.5, 0.6) is 11.5 Å². The molecule has 0 atom stereocenters. The molecule has 4 rings (SSSR count). The van der Waals surface area contributed by atoms with Crippen LogP contribution >= 0.6 is 0 Å². The Hall–Kier alpha value is -3.42. The van der Waals surface area contributed by atoms with E-state index in [-0.39, 0.29) is 12.7 Å². The molecule has 8 nitrogen and oxygen atoms in total. The van der Waals surface area contributed by atoms with E-state index in [0.717, 1.165) is 28.3 Å². The number of hydrogen-bond acceptors (Lipinski definition) is 6. The Labute approximate surface area is 156 Å². The molecule has 27 heavy (non-hydrogen) atoms. The minimum Gasteiger partial charge on any atom is -0.454 e. The minimum atomic E-state index is -0.0593. The number of tetrazole rings is 1. The first kappa shape index (κ1) is 17.0. The van der Waals surface area contributed by atoms with Gasteiger partial charge in [0.15, 0.2) is 17.3 Å². The Bertz CT molecular complexity index is 999. The standard InChI is InChI=1S/C19H19N5O3/c1-12-3-6-15(10-16(12)24-13(2)21-22-23-24)20-19(25)8-5-14-4-7-17-18(9-14)27-11-26-17/h3-4,6-7,9-10H,5,8,11H2,1-2H3,(H,20,25). The van der Waals surface area contributed by atoms with Crippen molar-refractivity contribution in [2.45, 2.75) is 26.7 Å². The van der Waals surface area contributed by atoms with Crippen LogP contribution in [-0.4, -0.2) is 32.9 Å². The Balaban J connectivity index is 1.42. The van der Waals surface area contributed by atoms with Crippen molar-refractivity contribution in [2.24, 2.45) is 0 Å². The number of anilines is 1. The summed E-state index contributed by atoms with van der Waals surface area (Å²) in [4.78, 5) is 12.4. The molecule has 0 saturated carbocycles. The fourth-order valence-electron chi connectivity index (χ4n) is 2.95. The first-order chi connectivity index (χ1) is 13.1. The molecule has 1 amide bonds. The van der Waals surface area contributed by atoms with Crippen molar-refractivity contribution in [2.75, 3.05) is 12.1 Å². The second-order valence-corrected chi connectivity index (χ2v) is 6.37. The molecule has 0 unspecified atom stereocenters. The van der Waals surface area contributed by atoms with E-state index in [9.17, 15) is 4.79 Å². The quantitative estimate of drug-likeness (QED) is 0.747. The van der Waals surface area contributed by atoms with Crippen molar-refractivity contribution in [3.8, 4) is 17.2 Å². The number of aryl methyl sites for hydroxylation is 3. The lowest BCUT2D eigenvalue weighted by Crippen LogP contribution is -2.13. The van der Waals surface area contributed by atoms with Gasteiger partial charge in [0.05, 0.1) is 5.69 Å². The third kappa shape index (κ3) is 3.59. The number of carbonyl (C=O) groups is 1. The highest BCUT2D eigenvalue weighted by atomic mass is 16.7. The van der Waals surface area contributed by atoms with Gasteiger partial charge in [0.2, 0.25) is 12.7 Å². The largest absolute Gasteiger partial charge is 0.454 e. The summed E-state index contributed by atoms with van der Waals surface area (Å²) in [5.74, 6) is 2.10. The van der Waals surface area contributed by atoms with Crippen LogP contribution in [-0.2, 0) is 11.2 Å². The van der Waals surface area contributed by atoms with E-state index in [2.05, 4.69) is 20.8 Å². The van der Waals surface area contributed by atoms with Gasteiger partial charge in [0.25, 0.3) is 0 Å². The van der Waals surface area contributed by atoms with Crippen LogP contribution in [0, 0.1) is 13.8 Å². The minimum absolute atomic E-state index is 0.0593. The highest BCUT2D eigenvalue weighted by Crippen LogP contribution is 2.32. The van der Waals surface area contributed by atoms with Crippen LogP contribution < -0.4 is 14.8 Å². The Morgan fingerprint density at radius 1 is 1.15 bits per heavy atom. The Kier molecular flexibility index (Phi) is 4.45. The van der Waals surface area contributed by atoms with Gasteiger partial charge in [-0.15, -0.1) is 5.10 Å². The maximum absolute atomic E-state index is 12.4. The molecule has 1 N–H and O–H groups in total. The van der Waals surface area contributed by atoms with Gasteiger partial charge in [0, 0.05) is 12.1 Å². The lowest BCUT2D eigenvalue weighted by atomic mass is 10.1. The van der Waals surface area contributed by atoms with Crippen LogP contribution in [0.15, 0.2) is 36.4 Å². The van der Waals surface area contributed by atoms with E-state index < -0.39 is 0 Å². The van der Waals surface area contributed by atoms with Crippen molar-refractivity contribution in [1.82, 2.24) is 20.2 Å². The summed E-state index contributed by atoms with van der Waals surface area (Å²) in [6.45, 7) is 4.05. The van der Waals surface area contributed by atoms with Crippen molar-refractivity contribution in [3.05, 3.63) is 53.3 Å². The average Bonchev–Trinajstić information content (AvgIpc) is 3.30. The number of carbonyl (C=O) groups excluding carboxylic acids is 1. The monoisotopic (exact) mass is 365 g/mol. The predicted molar refractivity (Wildman–Crippen MR) is 98.1 cm³/mol. The smallest absolute Gasteiger partial charge is 0.231 e. The molecule has 1 aliphatic rings. The van der Waals surface area contributed by atoms with E-state index >= 15 is 0 Å². The molecule has 1 aliphatic heterocycles. The molecule has 1 aromatic heterocycles. The highest BCUT2D eigenvalue weighted by Gasteiger charge is 2.14. The number of benzene rings is 2. The fourth-order valence-corrected chi connectivity index (χ4v) is 2.95. The van der Waals surface area contributed by atoms with Crippen molar-refractivity contribution >= 4 is 11.6 Å². The molecule has 0 spiro atoms. The maximum atomic E-state index is 12.4. The number of nitrogens with zero attached hydrogens (tertiary/aromatic N) is 4. The van der Waals surface area contributed by atoms with Crippen LogP contribution in [0.1, 0.15) is 23.4 Å². The summed E-state index contributed by atoms with van der Waals surface area (Å²) < 4.78 is 12.3. The fraction of sp³-hybridized carbons (Fsp3) is 0.263. The average molecular weight is 365 g/mol. The summed E-state index contributed by atoms with van der Waals surface area (Å²) in [6.07, 6.45) is 0.986. The van der Waals surface area contributed by atoms with E-state index in [0.29, 0.717) is 24.4 Å². The molecular formula is C19H19N5O3. The zero-order chi connectivity index (χ0) is 18.8. The van der Waals surface area contributed by atoms with E-state index in [1.807, 2.05) is 50.2 Å². The number of amides is 1. The van der Waals surface area contributed by atoms with Gasteiger partial charge in [-0.3, -0.25) is 4.79 Å². The lowest BCUT2D eigenvalue weighted by molar-refractivity contribution is -0.116. The Morgan fingerprint density at radius 2 is 2.00 bits per heavy atom. The van der Waals surface area contributed by atoms with Gasteiger partial charge >= 0.3 is 0 Å². The maximum Gasteiger partial charge on any atom is 0.231 e. The molecule has 0 bridgehead atoms. The van der Waals surface area contributed by atoms with Crippen molar-refractivity contribution in [1.29, 1.82) is 0 Å².